The molecule has 0 unspecified atom stereocenters. The zero-order valence-corrected chi connectivity index (χ0v) is 10.9. The SMILES string of the molecule is [N-]=[N+]=NCCCCC(=O)NCCCC[C@H](N)C(=O)O. The maximum absolute atomic E-state index is 11.3. The molecule has 1 atom stereocenters. The molecule has 0 aromatic carbocycles. The average molecular weight is 271 g/mol. The van der Waals surface area contributed by atoms with Crippen molar-refractivity contribution >= 4 is 11.9 Å². The molecule has 19 heavy (non-hydrogen) atoms. The van der Waals surface area contributed by atoms with E-state index in [0.717, 1.165) is 0 Å². The Bertz CT molecular complexity index is 328. The fourth-order valence-electron chi connectivity index (χ4n) is 1.44. The summed E-state index contributed by atoms with van der Waals surface area (Å²) >= 11 is 0. The van der Waals surface area contributed by atoms with Gasteiger partial charge in [0.15, 0.2) is 0 Å². The van der Waals surface area contributed by atoms with Gasteiger partial charge in [-0.2, -0.15) is 0 Å². The number of unbranched alkanes of at least 4 members (excludes halogenated alkanes) is 2. The molecule has 0 radical (unpaired) electrons. The van der Waals surface area contributed by atoms with Crippen LogP contribution in [-0.4, -0.2) is 36.1 Å². The molecule has 0 rings (SSSR count). The maximum Gasteiger partial charge on any atom is 0.320 e. The number of nitrogens with two attached hydrogens (primary N) is 1. The minimum atomic E-state index is -0.996. The van der Waals surface area contributed by atoms with Crippen LogP contribution in [0.5, 0.6) is 0 Å². The minimum Gasteiger partial charge on any atom is -0.480 e. The average Bonchev–Trinajstić information content (AvgIpc) is 2.37. The monoisotopic (exact) mass is 271 g/mol. The Kier molecular flexibility index (Phi) is 10.2. The third-order valence-corrected chi connectivity index (χ3v) is 2.56. The minimum absolute atomic E-state index is 0.0385. The first-order valence-corrected chi connectivity index (χ1v) is 6.34. The molecule has 1 amide bonds. The van der Waals surface area contributed by atoms with Gasteiger partial charge in [-0.3, -0.25) is 9.59 Å². The van der Waals surface area contributed by atoms with Gasteiger partial charge < -0.3 is 16.2 Å². The van der Waals surface area contributed by atoms with Crippen LogP contribution in [0.25, 0.3) is 10.4 Å². The van der Waals surface area contributed by atoms with Crippen LogP contribution >= 0.6 is 0 Å². The Labute approximate surface area is 112 Å². The fraction of sp³-hybridized carbons (Fsp3) is 0.818. The molecule has 0 saturated heterocycles. The van der Waals surface area contributed by atoms with E-state index in [1.54, 1.807) is 0 Å². The van der Waals surface area contributed by atoms with Crippen LogP contribution in [0.2, 0.25) is 0 Å². The molecule has 0 aliphatic rings. The van der Waals surface area contributed by atoms with E-state index in [2.05, 4.69) is 15.3 Å². The second-order valence-electron chi connectivity index (χ2n) is 4.20. The van der Waals surface area contributed by atoms with Gasteiger partial charge in [0.2, 0.25) is 5.91 Å². The van der Waals surface area contributed by atoms with E-state index in [-0.39, 0.29) is 5.91 Å². The third kappa shape index (κ3) is 11.1. The van der Waals surface area contributed by atoms with E-state index in [1.165, 1.54) is 0 Å². The number of carboxylic acids is 1. The van der Waals surface area contributed by atoms with Crippen LogP contribution in [0.4, 0.5) is 0 Å². The number of rotatable bonds is 11. The van der Waals surface area contributed by atoms with Gasteiger partial charge in [0.05, 0.1) is 0 Å². The molecule has 8 nitrogen and oxygen atoms in total. The molecule has 0 aromatic rings. The lowest BCUT2D eigenvalue weighted by molar-refractivity contribution is -0.138. The van der Waals surface area contributed by atoms with Crippen molar-refractivity contribution in [3.05, 3.63) is 10.4 Å². The number of hydrogen-bond acceptors (Lipinski definition) is 4. The van der Waals surface area contributed by atoms with Gasteiger partial charge in [-0.1, -0.05) is 5.11 Å². The summed E-state index contributed by atoms with van der Waals surface area (Å²) in [5, 5.41) is 14.7. The van der Waals surface area contributed by atoms with Crippen LogP contribution < -0.4 is 11.1 Å². The molecular formula is C11H21N5O3. The summed E-state index contributed by atoms with van der Waals surface area (Å²) < 4.78 is 0. The number of amides is 1. The van der Waals surface area contributed by atoms with Crippen molar-refractivity contribution in [2.75, 3.05) is 13.1 Å². The second kappa shape index (κ2) is 11.3. The summed E-state index contributed by atoms with van der Waals surface area (Å²) in [7, 11) is 0. The highest BCUT2D eigenvalue weighted by molar-refractivity contribution is 5.75. The van der Waals surface area contributed by atoms with Crippen molar-refractivity contribution in [2.45, 2.75) is 44.6 Å². The number of nitrogens with zero attached hydrogens (tertiary/aromatic N) is 3. The highest BCUT2D eigenvalue weighted by atomic mass is 16.4. The van der Waals surface area contributed by atoms with E-state index in [0.29, 0.717) is 51.6 Å². The first-order valence-electron chi connectivity index (χ1n) is 6.34. The number of carbonyl (C=O) groups excluding carboxylic acids is 1. The highest BCUT2D eigenvalue weighted by Crippen LogP contribution is 1.99. The molecule has 0 aliphatic carbocycles. The Morgan fingerprint density at radius 3 is 2.68 bits per heavy atom. The van der Waals surface area contributed by atoms with E-state index < -0.39 is 12.0 Å². The van der Waals surface area contributed by atoms with E-state index in [9.17, 15) is 9.59 Å². The first kappa shape index (κ1) is 17.2. The predicted octanol–water partition coefficient (Wildman–Crippen LogP) is 1.17. The van der Waals surface area contributed by atoms with Crippen LogP contribution in [0.15, 0.2) is 5.11 Å². The topological polar surface area (TPSA) is 141 Å². The van der Waals surface area contributed by atoms with E-state index in [1.807, 2.05) is 0 Å². The molecule has 0 saturated carbocycles. The van der Waals surface area contributed by atoms with Crippen LogP contribution in [0.3, 0.4) is 0 Å². The number of aliphatic carboxylic acids is 1. The molecular weight excluding hydrogens is 250 g/mol. The number of hydrogen-bond donors (Lipinski definition) is 3. The second-order valence-corrected chi connectivity index (χ2v) is 4.20. The maximum atomic E-state index is 11.3. The van der Waals surface area contributed by atoms with Crippen molar-refractivity contribution in [3.8, 4) is 0 Å². The molecule has 0 aliphatic heterocycles. The van der Waals surface area contributed by atoms with Gasteiger partial charge in [-0.25, -0.2) is 0 Å². The first-order chi connectivity index (χ1) is 9.07. The summed E-state index contributed by atoms with van der Waals surface area (Å²) in [6.07, 6.45) is 3.60. The molecule has 0 aromatic heterocycles. The largest absolute Gasteiger partial charge is 0.480 e. The highest BCUT2D eigenvalue weighted by Gasteiger charge is 2.10. The number of carbonyl (C=O) groups is 2. The molecule has 0 heterocycles. The summed E-state index contributed by atoms with van der Waals surface area (Å²) in [4.78, 5) is 24.4. The molecule has 8 heteroatoms. The van der Waals surface area contributed by atoms with Crippen molar-refractivity contribution < 1.29 is 14.7 Å². The zero-order chi connectivity index (χ0) is 14.5. The van der Waals surface area contributed by atoms with Crippen molar-refractivity contribution in [1.82, 2.24) is 5.32 Å². The van der Waals surface area contributed by atoms with Crippen LogP contribution in [0, 0.1) is 0 Å². The Morgan fingerprint density at radius 2 is 2.05 bits per heavy atom. The molecule has 0 fully saturated rings. The lowest BCUT2D eigenvalue weighted by atomic mass is 10.1. The number of carboxylic acid groups (broad SMARTS) is 1. The third-order valence-electron chi connectivity index (χ3n) is 2.56. The zero-order valence-electron chi connectivity index (χ0n) is 10.9. The van der Waals surface area contributed by atoms with Gasteiger partial charge in [0.25, 0.3) is 0 Å². The Morgan fingerprint density at radius 1 is 1.32 bits per heavy atom. The lowest BCUT2D eigenvalue weighted by Crippen LogP contribution is -2.30. The smallest absolute Gasteiger partial charge is 0.320 e. The summed E-state index contributed by atoms with van der Waals surface area (Å²) in [5.41, 5.74) is 13.4. The van der Waals surface area contributed by atoms with Gasteiger partial charge in [0, 0.05) is 24.4 Å². The van der Waals surface area contributed by atoms with Crippen molar-refractivity contribution in [2.24, 2.45) is 10.8 Å². The van der Waals surface area contributed by atoms with E-state index >= 15 is 0 Å². The summed E-state index contributed by atoms with van der Waals surface area (Å²) in [5.74, 6) is -1.03. The quantitative estimate of drug-likeness (QED) is 0.224. The summed E-state index contributed by atoms with van der Waals surface area (Å²) in [6, 6.07) is -0.823. The number of azide groups is 1. The lowest BCUT2D eigenvalue weighted by Gasteiger charge is -2.07. The standard InChI is InChI=1S/C11H21N5O3/c12-9(11(18)19)5-1-3-7-14-10(17)6-2-4-8-15-16-13/h9H,1-8,12H2,(H,14,17)(H,18,19)/t9-/m0/s1. The van der Waals surface area contributed by atoms with Crippen molar-refractivity contribution in [1.29, 1.82) is 0 Å². The molecule has 0 bridgehead atoms. The van der Waals surface area contributed by atoms with Crippen LogP contribution in [0.1, 0.15) is 38.5 Å². The summed E-state index contributed by atoms with van der Waals surface area (Å²) in [6.45, 7) is 0.943. The Balaban J connectivity index is 3.38. The normalized spacial score (nSPS) is 11.4. The van der Waals surface area contributed by atoms with Gasteiger partial charge in [-0.15, -0.1) is 0 Å². The van der Waals surface area contributed by atoms with Gasteiger partial charge >= 0.3 is 5.97 Å². The van der Waals surface area contributed by atoms with Crippen molar-refractivity contribution in [3.63, 3.8) is 0 Å². The molecule has 4 N–H and O–H groups in total. The predicted molar refractivity (Wildman–Crippen MR) is 70.3 cm³/mol. The van der Waals surface area contributed by atoms with Crippen LogP contribution in [-0.2, 0) is 9.59 Å². The Hall–Kier alpha value is -1.79. The van der Waals surface area contributed by atoms with Gasteiger partial charge in [0.1, 0.15) is 6.04 Å². The van der Waals surface area contributed by atoms with Gasteiger partial charge in [-0.05, 0) is 37.6 Å². The van der Waals surface area contributed by atoms with E-state index in [4.69, 9.17) is 16.4 Å². The molecule has 108 valence electrons. The number of nitrogens with one attached hydrogen (secondary N) is 1. The fourth-order valence-corrected chi connectivity index (χ4v) is 1.44. The molecule has 0 spiro atoms.